The van der Waals surface area contributed by atoms with Crippen LogP contribution in [0.15, 0.2) is 60.3 Å². The van der Waals surface area contributed by atoms with Gasteiger partial charge in [0.15, 0.2) is 11.0 Å². The van der Waals surface area contributed by atoms with Gasteiger partial charge in [-0.15, -0.1) is 16.8 Å². The molecule has 36 heavy (non-hydrogen) atoms. The van der Waals surface area contributed by atoms with Crippen molar-refractivity contribution in [3.05, 3.63) is 82.1 Å². The molecule has 7 nitrogen and oxygen atoms in total. The van der Waals surface area contributed by atoms with Crippen LogP contribution < -0.4 is 10.6 Å². The van der Waals surface area contributed by atoms with Gasteiger partial charge in [0, 0.05) is 17.3 Å². The molecule has 2 N–H and O–H groups in total. The van der Waals surface area contributed by atoms with Crippen LogP contribution in [0.4, 0.5) is 5.69 Å². The van der Waals surface area contributed by atoms with Crippen molar-refractivity contribution in [2.75, 3.05) is 11.1 Å². The molecule has 3 rings (SSSR count). The molecule has 0 unspecified atom stereocenters. The van der Waals surface area contributed by atoms with E-state index in [0.717, 1.165) is 11.3 Å². The van der Waals surface area contributed by atoms with Crippen LogP contribution in [0.2, 0.25) is 10.0 Å². The molecule has 0 radical (unpaired) electrons. The maximum Gasteiger partial charge on any atom is 0.253 e. The lowest BCUT2D eigenvalue weighted by atomic mass is 10.0. The van der Waals surface area contributed by atoms with E-state index >= 15 is 0 Å². The van der Waals surface area contributed by atoms with Crippen molar-refractivity contribution in [2.45, 2.75) is 44.9 Å². The van der Waals surface area contributed by atoms with E-state index in [1.165, 1.54) is 17.8 Å². The van der Waals surface area contributed by atoms with Gasteiger partial charge in [-0.2, -0.15) is 0 Å². The quantitative estimate of drug-likeness (QED) is 0.217. The summed E-state index contributed by atoms with van der Waals surface area (Å²) in [6, 6.07) is 11.9. The predicted molar refractivity (Wildman–Crippen MR) is 147 cm³/mol. The average molecular weight is 547 g/mol. The summed E-state index contributed by atoms with van der Waals surface area (Å²) in [5.41, 5.74) is 2.09. The van der Waals surface area contributed by atoms with Gasteiger partial charge >= 0.3 is 0 Å². The fourth-order valence-corrected chi connectivity index (χ4v) is 4.85. The zero-order chi connectivity index (χ0) is 26.2. The lowest BCUT2D eigenvalue weighted by molar-refractivity contribution is -0.113. The number of hydrogen-bond acceptors (Lipinski definition) is 5. The Kier molecular flexibility index (Phi) is 9.98. The molecule has 2 amide bonds. The molecule has 0 aliphatic carbocycles. The number of benzene rings is 2. The summed E-state index contributed by atoms with van der Waals surface area (Å²) in [5.74, 6) is 0.533. The van der Waals surface area contributed by atoms with Gasteiger partial charge in [-0.3, -0.25) is 9.59 Å². The molecule has 2 aromatic carbocycles. The van der Waals surface area contributed by atoms with E-state index in [9.17, 15) is 9.59 Å². The second kappa shape index (κ2) is 12.9. The molecule has 0 aliphatic rings. The van der Waals surface area contributed by atoms with E-state index < -0.39 is 6.04 Å². The first-order valence-corrected chi connectivity index (χ1v) is 13.2. The third kappa shape index (κ3) is 7.35. The average Bonchev–Trinajstić information content (AvgIpc) is 3.21. The Bertz CT molecular complexity index is 1240. The molecule has 1 atom stereocenters. The number of allylic oxidation sites excluding steroid dienone is 1. The Morgan fingerprint density at radius 3 is 2.58 bits per heavy atom. The van der Waals surface area contributed by atoms with Crippen molar-refractivity contribution < 1.29 is 9.59 Å². The number of anilines is 1. The number of aryl methyl sites for hydroxylation is 1. The largest absolute Gasteiger partial charge is 0.342 e. The summed E-state index contributed by atoms with van der Waals surface area (Å²) in [6.45, 7) is 10.3. The maximum atomic E-state index is 13.1. The first kappa shape index (κ1) is 27.8. The molecule has 0 saturated carbocycles. The molecule has 1 heterocycles. The Hall–Kier alpha value is -2.81. The number of aromatic nitrogens is 3. The SMILES string of the molecule is C=CCn1c(SCC(=O)Nc2ccccc2C)nnc1[C@@H](CC(C)C)NC(=O)c1ccc(Cl)cc1Cl. The van der Waals surface area contributed by atoms with Crippen LogP contribution in [0.25, 0.3) is 0 Å². The fourth-order valence-electron chi connectivity index (χ4n) is 3.60. The Morgan fingerprint density at radius 1 is 1.17 bits per heavy atom. The summed E-state index contributed by atoms with van der Waals surface area (Å²) in [7, 11) is 0. The minimum absolute atomic E-state index is 0.145. The number of hydrogen-bond donors (Lipinski definition) is 2. The van der Waals surface area contributed by atoms with Gasteiger partial charge in [0.2, 0.25) is 5.91 Å². The van der Waals surface area contributed by atoms with Crippen molar-refractivity contribution in [3.8, 4) is 0 Å². The number of thioether (sulfide) groups is 1. The van der Waals surface area contributed by atoms with Crippen molar-refractivity contribution >= 4 is 52.5 Å². The van der Waals surface area contributed by atoms with Crippen LogP contribution in [-0.2, 0) is 11.3 Å². The van der Waals surface area contributed by atoms with Crippen molar-refractivity contribution in [2.24, 2.45) is 5.92 Å². The van der Waals surface area contributed by atoms with E-state index in [1.807, 2.05) is 35.8 Å². The highest BCUT2D eigenvalue weighted by Gasteiger charge is 2.25. The monoisotopic (exact) mass is 545 g/mol. The number of halogens is 2. The molecule has 3 aromatic rings. The number of carbonyl (C=O) groups is 2. The standard InChI is InChI=1S/C26H29Cl2N5O2S/c1-5-12-33-24(22(13-16(2)3)30-25(35)19-11-10-18(27)14-20(19)28)31-32-26(33)36-15-23(34)29-21-9-7-6-8-17(21)4/h5-11,14,16,22H,1,12-13,15H2,2-4H3,(H,29,34)(H,30,35)/t22-/m1/s1. The van der Waals surface area contributed by atoms with Crippen LogP contribution in [0.3, 0.4) is 0 Å². The summed E-state index contributed by atoms with van der Waals surface area (Å²) in [6.07, 6.45) is 2.36. The number of nitrogens with zero attached hydrogens (tertiary/aromatic N) is 3. The molecule has 10 heteroatoms. The minimum Gasteiger partial charge on any atom is -0.342 e. The first-order valence-electron chi connectivity index (χ1n) is 11.5. The van der Waals surface area contributed by atoms with Crippen LogP contribution in [0.5, 0.6) is 0 Å². The van der Waals surface area contributed by atoms with Gasteiger partial charge in [0.1, 0.15) is 0 Å². The number of amides is 2. The molecular formula is C26H29Cl2N5O2S. The van der Waals surface area contributed by atoms with E-state index in [4.69, 9.17) is 23.2 Å². The van der Waals surface area contributed by atoms with Crippen LogP contribution in [-0.4, -0.2) is 32.3 Å². The van der Waals surface area contributed by atoms with Crippen molar-refractivity contribution in [1.29, 1.82) is 0 Å². The lowest BCUT2D eigenvalue weighted by Gasteiger charge is -2.21. The fraction of sp³-hybridized carbons (Fsp3) is 0.308. The zero-order valence-electron chi connectivity index (χ0n) is 20.4. The van der Waals surface area contributed by atoms with Crippen molar-refractivity contribution in [3.63, 3.8) is 0 Å². The van der Waals surface area contributed by atoms with E-state index in [1.54, 1.807) is 18.2 Å². The maximum absolute atomic E-state index is 13.1. The molecule has 0 saturated heterocycles. The van der Waals surface area contributed by atoms with Gasteiger partial charge < -0.3 is 15.2 Å². The number of carbonyl (C=O) groups excluding carboxylic acids is 2. The summed E-state index contributed by atoms with van der Waals surface area (Å²) >= 11 is 13.5. The molecule has 0 fully saturated rings. The second-order valence-electron chi connectivity index (χ2n) is 8.67. The van der Waals surface area contributed by atoms with Crippen LogP contribution in [0.1, 0.15) is 48.1 Å². The predicted octanol–water partition coefficient (Wildman–Crippen LogP) is 6.33. The molecule has 190 valence electrons. The summed E-state index contributed by atoms with van der Waals surface area (Å²) < 4.78 is 1.87. The number of nitrogens with one attached hydrogen (secondary N) is 2. The highest BCUT2D eigenvalue weighted by Crippen LogP contribution is 2.27. The van der Waals surface area contributed by atoms with Gasteiger partial charge in [-0.1, -0.05) is 73.1 Å². The lowest BCUT2D eigenvalue weighted by Crippen LogP contribution is -2.32. The highest BCUT2D eigenvalue weighted by molar-refractivity contribution is 7.99. The highest BCUT2D eigenvalue weighted by atomic mass is 35.5. The minimum atomic E-state index is -0.424. The summed E-state index contributed by atoms with van der Waals surface area (Å²) in [5, 5.41) is 16.0. The summed E-state index contributed by atoms with van der Waals surface area (Å²) in [4.78, 5) is 25.6. The second-order valence-corrected chi connectivity index (χ2v) is 10.5. The molecule has 0 aliphatic heterocycles. The molecule has 0 bridgehead atoms. The molecule has 1 aromatic heterocycles. The number of rotatable bonds is 11. The van der Waals surface area contributed by atoms with Crippen molar-refractivity contribution in [1.82, 2.24) is 20.1 Å². The van der Waals surface area contributed by atoms with Crippen LogP contribution in [0, 0.1) is 12.8 Å². The van der Waals surface area contributed by atoms with Gasteiger partial charge in [-0.05, 0) is 49.1 Å². The van der Waals surface area contributed by atoms with Crippen LogP contribution >= 0.6 is 35.0 Å². The normalized spacial score (nSPS) is 11.8. The Balaban J connectivity index is 1.79. The van der Waals surface area contributed by atoms with E-state index in [2.05, 4.69) is 41.3 Å². The third-order valence-corrected chi connectivity index (χ3v) is 6.82. The molecular weight excluding hydrogens is 517 g/mol. The Morgan fingerprint density at radius 2 is 1.92 bits per heavy atom. The van der Waals surface area contributed by atoms with Gasteiger partial charge in [0.25, 0.3) is 5.91 Å². The van der Waals surface area contributed by atoms with E-state index in [-0.39, 0.29) is 28.5 Å². The topological polar surface area (TPSA) is 88.9 Å². The van der Waals surface area contributed by atoms with Gasteiger partial charge in [0.05, 0.1) is 22.4 Å². The zero-order valence-corrected chi connectivity index (χ0v) is 22.8. The first-order chi connectivity index (χ1) is 17.2. The molecule has 0 spiro atoms. The third-order valence-electron chi connectivity index (χ3n) is 5.31. The van der Waals surface area contributed by atoms with Gasteiger partial charge in [-0.25, -0.2) is 0 Å². The van der Waals surface area contributed by atoms with E-state index in [0.29, 0.717) is 34.5 Å². The number of para-hydroxylation sites is 1. The Labute approximate surface area is 225 Å². The smallest absolute Gasteiger partial charge is 0.253 e.